The van der Waals surface area contributed by atoms with Gasteiger partial charge in [-0.15, -0.1) is 0 Å². The van der Waals surface area contributed by atoms with Crippen molar-refractivity contribution >= 4 is 22.7 Å². The van der Waals surface area contributed by atoms with Gasteiger partial charge in [0.15, 0.2) is 5.76 Å². The summed E-state index contributed by atoms with van der Waals surface area (Å²) in [5.41, 5.74) is 2.49. The molecule has 0 bridgehead atoms. The number of rotatable bonds is 2. The molecule has 98 valence electrons. The molecule has 0 spiro atoms. The van der Waals surface area contributed by atoms with Gasteiger partial charge in [0.1, 0.15) is 10.6 Å². The summed E-state index contributed by atoms with van der Waals surface area (Å²) in [5, 5.41) is 10.6. The summed E-state index contributed by atoms with van der Waals surface area (Å²) in [6, 6.07) is 10.6. The third kappa shape index (κ3) is 1.43. The van der Waals surface area contributed by atoms with Gasteiger partial charge in [-0.2, -0.15) is 0 Å². The second-order valence-electron chi connectivity index (χ2n) is 4.36. The van der Waals surface area contributed by atoms with E-state index in [1.165, 1.54) is 6.07 Å². The number of aromatic amines is 1. The predicted octanol–water partition coefficient (Wildman–Crippen LogP) is 2.98. The number of para-hydroxylation sites is 2. The molecule has 1 N–H and O–H groups in total. The summed E-state index contributed by atoms with van der Waals surface area (Å²) in [7, 11) is 0. The van der Waals surface area contributed by atoms with Crippen LogP contribution in [0.5, 0.6) is 0 Å². The van der Waals surface area contributed by atoms with Crippen molar-refractivity contribution in [2.75, 3.05) is 0 Å². The fraction of sp³-hybridized carbons (Fsp3) is 0. The Morgan fingerprint density at radius 1 is 1.25 bits per heavy atom. The first kappa shape index (κ1) is 10.8. The number of imidazole rings is 2. The zero-order valence-corrected chi connectivity index (χ0v) is 10.1. The number of aromatic nitrogens is 3. The summed E-state index contributed by atoms with van der Waals surface area (Å²) in [5.74, 6) is 0.795. The van der Waals surface area contributed by atoms with Gasteiger partial charge in [-0.1, -0.05) is 12.1 Å². The van der Waals surface area contributed by atoms with E-state index in [0.29, 0.717) is 17.2 Å². The van der Waals surface area contributed by atoms with Crippen molar-refractivity contribution in [3.8, 4) is 11.5 Å². The maximum absolute atomic E-state index is 10.6. The molecule has 20 heavy (non-hydrogen) atoms. The van der Waals surface area contributed by atoms with Gasteiger partial charge >= 0.3 is 5.88 Å². The van der Waals surface area contributed by atoms with Crippen LogP contribution in [-0.2, 0) is 0 Å². The number of hydrogen-bond acceptors (Lipinski definition) is 4. The van der Waals surface area contributed by atoms with E-state index in [-0.39, 0.29) is 5.88 Å². The maximum Gasteiger partial charge on any atom is 0.433 e. The molecular weight excluding hydrogens is 260 g/mol. The average Bonchev–Trinajstić information content (AvgIpc) is 3.11. The van der Waals surface area contributed by atoms with Crippen LogP contribution in [0, 0.1) is 10.1 Å². The van der Waals surface area contributed by atoms with Crippen molar-refractivity contribution in [1.82, 2.24) is 14.4 Å². The van der Waals surface area contributed by atoms with Crippen molar-refractivity contribution in [3.05, 3.63) is 52.7 Å². The molecule has 0 radical (unpaired) electrons. The van der Waals surface area contributed by atoms with E-state index in [4.69, 9.17) is 4.42 Å². The number of benzene rings is 1. The number of hydrogen-bond donors (Lipinski definition) is 1. The van der Waals surface area contributed by atoms with Crippen LogP contribution in [-0.4, -0.2) is 19.3 Å². The molecule has 0 unspecified atom stereocenters. The Morgan fingerprint density at radius 2 is 2.10 bits per heavy atom. The number of H-pyrrole nitrogens is 1. The lowest BCUT2D eigenvalue weighted by Crippen LogP contribution is -1.82. The maximum atomic E-state index is 10.6. The third-order valence-corrected chi connectivity index (χ3v) is 3.14. The highest BCUT2D eigenvalue weighted by Crippen LogP contribution is 2.27. The van der Waals surface area contributed by atoms with Crippen LogP contribution in [0.15, 0.2) is 47.0 Å². The SMILES string of the molecule is O=[N+]([O-])c1ccc(-c2cn3c(nc4ccccc43)[nH]2)o1. The predicted molar refractivity (Wildman–Crippen MR) is 71.4 cm³/mol. The van der Waals surface area contributed by atoms with Gasteiger partial charge in [-0.05, 0) is 18.2 Å². The van der Waals surface area contributed by atoms with E-state index in [1.54, 1.807) is 6.07 Å². The van der Waals surface area contributed by atoms with Crippen molar-refractivity contribution in [2.45, 2.75) is 0 Å². The molecule has 3 aromatic heterocycles. The Bertz CT molecular complexity index is 947. The van der Waals surface area contributed by atoms with Gasteiger partial charge in [0.2, 0.25) is 5.78 Å². The van der Waals surface area contributed by atoms with Crippen molar-refractivity contribution < 1.29 is 9.34 Å². The molecule has 0 aliphatic carbocycles. The average molecular weight is 268 g/mol. The quantitative estimate of drug-likeness (QED) is 0.447. The van der Waals surface area contributed by atoms with E-state index in [9.17, 15) is 10.1 Å². The van der Waals surface area contributed by atoms with Crippen LogP contribution in [0.1, 0.15) is 0 Å². The lowest BCUT2D eigenvalue weighted by molar-refractivity contribution is -0.401. The summed E-state index contributed by atoms with van der Waals surface area (Å²) < 4.78 is 7.06. The molecule has 4 rings (SSSR count). The Hall–Kier alpha value is -3.09. The molecule has 0 aliphatic heterocycles. The lowest BCUT2D eigenvalue weighted by Gasteiger charge is -1.90. The summed E-state index contributed by atoms with van der Waals surface area (Å²) in [6.45, 7) is 0. The number of nitro groups is 1. The summed E-state index contributed by atoms with van der Waals surface area (Å²) in [6.07, 6.45) is 1.81. The minimum atomic E-state index is -0.563. The first-order chi connectivity index (χ1) is 9.72. The van der Waals surface area contributed by atoms with E-state index < -0.39 is 4.92 Å². The third-order valence-electron chi connectivity index (χ3n) is 3.14. The normalized spacial score (nSPS) is 11.4. The first-order valence-electron chi connectivity index (χ1n) is 5.93. The topological polar surface area (TPSA) is 89.4 Å². The highest BCUT2D eigenvalue weighted by Gasteiger charge is 2.16. The molecule has 7 nitrogen and oxygen atoms in total. The molecule has 0 amide bonds. The molecule has 3 heterocycles. The highest BCUT2D eigenvalue weighted by atomic mass is 16.6. The Morgan fingerprint density at radius 3 is 2.90 bits per heavy atom. The molecule has 0 saturated carbocycles. The monoisotopic (exact) mass is 268 g/mol. The molecule has 0 aliphatic rings. The second kappa shape index (κ2) is 3.70. The summed E-state index contributed by atoms with van der Waals surface area (Å²) in [4.78, 5) is 17.6. The van der Waals surface area contributed by atoms with Gasteiger partial charge in [-0.25, -0.2) is 4.98 Å². The van der Waals surface area contributed by atoms with E-state index >= 15 is 0 Å². The van der Waals surface area contributed by atoms with Crippen molar-refractivity contribution in [2.24, 2.45) is 0 Å². The van der Waals surface area contributed by atoms with Crippen LogP contribution in [0.3, 0.4) is 0 Å². The van der Waals surface area contributed by atoms with Gasteiger partial charge < -0.3 is 9.40 Å². The van der Waals surface area contributed by atoms with E-state index in [0.717, 1.165) is 11.0 Å². The Kier molecular flexibility index (Phi) is 2.00. The van der Waals surface area contributed by atoms with Crippen LogP contribution in [0.25, 0.3) is 28.3 Å². The second-order valence-corrected chi connectivity index (χ2v) is 4.36. The fourth-order valence-corrected chi connectivity index (χ4v) is 2.24. The van der Waals surface area contributed by atoms with Crippen molar-refractivity contribution in [3.63, 3.8) is 0 Å². The van der Waals surface area contributed by atoms with E-state index in [2.05, 4.69) is 9.97 Å². The van der Waals surface area contributed by atoms with Crippen LogP contribution in [0.2, 0.25) is 0 Å². The largest absolute Gasteiger partial charge is 0.433 e. The molecule has 1 aromatic carbocycles. The zero-order chi connectivity index (χ0) is 13.7. The minimum Gasteiger partial charge on any atom is -0.399 e. The van der Waals surface area contributed by atoms with E-state index in [1.807, 2.05) is 34.9 Å². The zero-order valence-electron chi connectivity index (χ0n) is 10.1. The minimum absolute atomic E-state index is 0.280. The fourth-order valence-electron chi connectivity index (χ4n) is 2.24. The molecule has 0 fully saturated rings. The van der Waals surface area contributed by atoms with Crippen LogP contribution < -0.4 is 0 Å². The van der Waals surface area contributed by atoms with Gasteiger partial charge in [0, 0.05) is 6.20 Å². The number of fused-ring (bicyclic) bond motifs is 3. The molecule has 0 saturated heterocycles. The van der Waals surface area contributed by atoms with Gasteiger partial charge in [0.05, 0.1) is 17.1 Å². The molecule has 4 aromatic rings. The molecule has 0 atom stereocenters. The molecular formula is C13H8N4O3. The van der Waals surface area contributed by atoms with Gasteiger partial charge in [-0.3, -0.25) is 14.5 Å². The molecule has 7 heteroatoms. The number of nitrogens with one attached hydrogen (secondary N) is 1. The number of nitrogens with zero attached hydrogens (tertiary/aromatic N) is 3. The smallest absolute Gasteiger partial charge is 0.399 e. The highest BCUT2D eigenvalue weighted by molar-refractivity contribution is 5.80. The summed E-state index contributed by atoms with van der Waals surface area (Å²) >= 11 is 0. The van der Waals surface area contributed by atoms with Gasteiger partial charge in [0.25, 0.3) is 0 Å². The van der Waals surface area contributed by atoms with Crippen molar-refractivity contribution in [1.29, 1.82) is 0 Å². The standard InChI is InChI=1S/C13H8N4O3/c18-17(19)12-6-5-11(20-12)9-7-16-10-4-2-1-3-8(10)14-13(16)15-9/h1-7H,(H,14,15). The first-order valence-corrected chi connectivity index (χ1v) is 5.93. The van der Waals surface area contributed by atoms with Crippen LogP contribution >= 0.6 is 0 Å². The van der Waals surface area contributed by atoms with Crippen LogP contribution in [0.4, 0.5) is 5.88 Å². The Balaban J connectivity index is 1.89. The Labute approximate surface area is 111 Å². The number of furan rings is 1. The lowest BCUT2D eigenvalue weighted by atomic mass is 10.3.